The molecule has 0 N–H and O–H groups in total. The highest BCUT2D eigenvalue weighted by Gasteiger charge is 2.13. The van der Waals surface area contributed by atoms with E-state index in [1.807, 2.05) is 0 Å². The number of carbonyl (C=O) groups excluding carboxylic acids is 1. The molecule has 0 radical (unpaired) electrons. The lowest BCUT2D eigenvalue weighted by Crippen LogP contribution is -2.24. The van der Waals surface area contributed by atoms with Gasteiger partial charge in [-0.2, -0.15) is 0 Å². The van der Waals surface area contributed by atoms with Crippen LogP contribution in [0.3, 0.4) is 0 Å². The number of aromatic nitrogens is 2. The number of nitrogens with zero attached hydrogens (tertiary/aromatic N) is 2. The predicted octanol–water partition coefficient (Wildman–Crippen LogP) is 3.18. The number of Topliss-reactive ketones (excluding diaryl/α,β-unsaturated/α-hetero) is 1. The molecule has 0 bridgehead atoms. The minimum Gasteiger partial charge on any atom is -0.461 e. The van der Waals surface area contributed by atoms with Crippen molar-refractivity contribution in [1.29, 1.82) is 0 Å². The molecular weight excluding hydrogens is 315 g/mol. The van der Waals surface area contributed by atoms with Crippen LogP contribution in [0.15, 0.2) is 46.1 Å². The van der Waals surface area contributed by atoms with Crippen molar-refractivity contribution in [2.24, 2.45) is 0 Å². The minimum atomic E-state index is -0.385. The van der Waals surface area contributed by atoms with Crippen LogP contribution >= 0.6 is 23.2 Å². The van der Waals surface area contributed by atoms with Crippen molar-refractivity contribution in [1.82, 2.24) is 9.55 Å². The minimum absolute atomic E-state index is 0.167. The molecule has 0 spiro atoms. The van der Waals surface area contributed by atoms with E-state index in [4.69, 9.17) is 27.6 Å². The Kier molecular flexibility index (Phi) is 3.53. The topological polar surface area (TPSA) is 65.1 Å². The van der Waals surface area contributed by atoms with E-state index in [0.717, 1.165) is 0 Å². The summed E-state index contributed by atoms with van der Waals surface area (Å²) in [6, 6.07) is 6.13. The van der Waals surface area contributed by atoms with Gasteiger partial charge in [0.2, 0.25) is 5.78 Å². The fourth-order valence-electron chi connectivity index (χ4n) is 1.98. The molecule has 3 rings (SSSR count). The van der Waals surface area contributed by atoms with Gasteiger partial charge in [0, 0.05) is 5.02 Å². The van der Waals surface area contributed by atoms with E-state index in [2.05, 4.69) is 4.98 Å². The van der Waals surface area contributed by atoms with E-state index in [9.17, 15) is 9.59 Å². The molecule has 0 unspecified atom stereocenters. The number of ketones is 1. The van der Waals surface area contributed by atoms with Crippen LogP contribution in [0.1, 0.15) is 10.6 Å². The molecule has 1 aromatic carbocycles. The van der Waals surface area contributed by atoms with Crippen LogP contribution in [-0.2, 0) is 6.54 Å². The second-order valence-electron chi connectivity index (χ2n) is 4.36. The number of benzene rings is 1. The molecule has 2 heterocycles. The lowest BCUT2D eigenvalue weighted by atomic mass is 10.2. The van der Waals surface area contributed by atoms with Crippen molar-refractivity contribution >= 4 is 39.9 Å². The first kappa shape index (κ1) is 13.9. The molecule has 21 heavy (non-hydrogen) atoms. The standard InChI is InChI=1S/C14H8Cl2N2O3/c15-8-4-9-13(10(16)5-8)17-7-18(14(9)20)6-11(19)12-2-1-3-21-12/h1-5,7H,6H2. The second kappa shape index (κ2) is 5.35. The third-order valence-electron chi connectivity index (χ3n) is 2.96. The Morgan fingerprint density at radius 1 is 1.33 bits per heavy atom. The van der Waals surface area contributed by atoms with Gasteiger partial charge in [0.1, 0.15) is 0 Å². The molecule has 0 amide bonds. The number of fused-ring (bicyclic) bond motifs is 1. The summed E-state index contributed by atoms with van der Waals surface area (Å²) in [6.07, 6.45) is 2.68. The van der Waals surface area contributed by atoms with E-state index in [1.165, 1.54) is 35.4 Å². The molecule has 0 fully saturated rings. The van der Waals surface area contributed by atoms with Crippen molar-refractivity contribution in [3.05, 3.63) is 63.0 Å². The van der Waals surface area contributed by atoms with Crippen LogP contribution in [0.4, 0.5) is 0 Å². The first-order chi connectivity index (χ1) is 10.1. The third-order valence-corrected chi connectivity index (χ3v) is 3.46. The SMILES string of the molecule is O=C(Cn1cnc2c(Cl)cc(Cl)cc2c1=O)c1ccco1. The summed E-state index contributed by atoms with van der Waals surface area (Å²) >= 11 is 11.9. The van der Waals surface area contributed by atoms with Gasteiger partial charge in [0.25, 0.3) is 5.56 Å². The fraction of sp³-hybridized carbons (Fsp3) is 0.0714. The number of furan rings is 1. The van der Waals surface area contributed by atoms with Crippen molar-refractivity contribution in [2.45, 2.75) is 6.54 Å². The maximum atomic E-state index is 12.4. The maximum absolute atomic E-state index is 12.4. The van der Waals surface area contributed by atoms with E-state index in [0.29, 0.717) is 15.6 Å². The maximum Gasteiger partial charge on any atom is 0.261 e. The molecule has 0 aliphatic rings. The summed E-state index contributed by atoms with van der Waals surface area (Å²) in [5, 5.41) is 0.892. The Hall–Kier alpha value is -2.11. The fourth-order valence-corrected chi connectivity index (χ4v) is 2.52. The molecule has 0 saturated heterocycles. The van der Waals surface area contributed by atoms with Crippen molar-refractivity contribution in [2.75, 3.05) is 0 Å². The lowest BCUT2D eigenvalue weighted by molar-refractivity contribution is 0.0943. The van der Waals surface area contributed by atoms with Gasteiger partial charge in [-0.05, 0) is 24.3 Å². The normalized spacial score (nSPS) is 11.0. The molecule has 5 nitrogen and oxygen atoms in total. The summed E-state index contributed by atoms with van der Waals surface area (Å²) in [4.78, 5) is 28.4. The Bertz CT molecular complexity index is 885. The number of halogens is 2. The molecule has 2 aromatic heterocycles. The summed E-state index contributed by atoms with van der Waals surface area (Å²) in [5.41, 5.74) is -0.0305. The van der Waals surface area contributed by atoms with Gasteiger partial charge in [-0.25, -0.2) is 4.98 Å². The number of rotatable bonds is 3. The van der Waals surface area contributed by atoms with Crippen LogP contribution in [0.5, 0.6) is 0 Å². The zero-order valence-electron chi connectivity index (χ0n) is 10.5. The van der Waals surface area contributed by atoms with Gasteiger partial charge in [0.05, 0.1) is 35.1 Å². The predicted molar refractivity (Wildman–Crippen MR) is 79.1 cm³/mol. The molecule has 7 heteroatoms. The quantitative estimate of drug-likeness (QED) is 0.695. The van der Waals surface area contributed by atoms with Crippen LogP contribution < -0.4 is 5.56 Å². The molecule has 0 saturated carbocycles. The van der Waals surface area contributed by atoms with E-state index in [1.54, 1.807) is 6.07 Å². The first-order valence-electron chi connectivity index (χ1n) is 5.97. The number of hydrogen-bond acceptors (Lipinski definition) is 4. The Morgan fingerprint density at radius 3 is 2.86 bits per heavy atom. The summed E-state index contributed by atoms with van der Waals surface area (Å²) < 4.78 is 6.20. The Morgan fingerprint density at radius 2 is 2.14 bits per heavy atom. The molecule has 0 aliphatic carbocycles. The zero-order chi connectivity index (χ0) is 15.0. The molecular formula is C14H8Cl2N2O3. The lowest BCUT2D eigenvalue weighted by Gasteiger charge is -2.06. The molecule has 0 aliphatic heterocycles. The van der Waals surface area contributed by atoms with Gasteiger partial charge in [-0.1, -0.05) is 23.2 Å². The van der Waals surface area contributed by atoms with Gasteiger partial charge in [-0.3, -0.25) is 14.2 Å². The van der Waals surface area contributed by atoms with E-state index in [-0.39, 0.29) is 29.0 Å². The van der Waals surface area contributed by atoms with Gasteiger partial charge in [-0.15, -0.1) is 0 Å². The average molecular weight is 323 g/mol. The largest absolute Gasteiger partial charge is 0.461 e. The first-order valence-corrected chi connectivity index (χ1v) is 6.73. The third kappa shape index (κ3) is 2.57. The number of hydrogen-bond donors (Lipinski definition) is 0. The highest BCUT2D eigenvalue weighted by Crippen LogP contribution is 2.23. The molecule has 0 atom stereocenters. The van der Waals surface area contributed by atoms with E-state index >= 15 is 0 Å². The summed E-state index contributed by atoms with van der Waals surface area (Å²) in [6.45, 7) is -0.167. The second-order valence-corrected chi connectivity index (χ2v) is 5.21. The highest BCUT2D eigenvalue weighted by atomic mass is 35.5. The van der Waals surface area contributed by atoms with Crippen molar-refractivity contribution < 1.29 is 9.21 Å². The zero-order valence-corrected chi connectivity index (χ0v) is 12.1. The molecule has 106 valence electrons. The van der Waals surface area contributed by atoms with Gasteiger partial charge < -0.3 is 4.42 Å². The summed E-state index contributed by atoms with van der Waals surface area (Å²) in [5.74, 6) is -0.137. The van der Waals surface area contributed by atoms with Crippen molar-refractivity contribution in [3.8, 4) is 0 Å². The monoisotopic (exact) mass is 322 g/mol. The Labute approximate surface area is 128 Å². The van der Waals surface area contributed by atoms with Crippen molar-refractivity contribution in [3.63, 3.8) is 0 Å². The Balaban J connectivity index is 2.07. The van der Waals surface area contributed by atoms with Crippen LogP contribution in [-0.4, -0.2) is 15.3 Å². The van der Waals surface area contributed by atoms with Crippen LogP contribution in [0, 0.1) is 0 Å². The average Bonchev–Trinajstić information content (AvgIpc) is 2.96. The summed E-state index contributed by atoms with van der Waals surface area (Å²) in [7, 11) is 0. The van der Waals surface area contributed by atoms with Gasteiger partial charge >= 0.3 is 0 Å². The smallest absolute Gasteiger partial charge is 0.261 e. The number of carbonyl (C=O) groups is 1. The van der Waals surface area contributed by atoms with Crippen LogP contribution in [0.2, 0.25) is 10.0 Å². The molecule has 3 aromatic rings. The van der Waals surface area contributed by atoms with Gasteiger partial charge in [0.15, 0.2) is 5.76 Å². The van der Waals surface area contributed by atoms with Crippen LogP contribution in [0.25, 0.3) is 10.9 Å². The highest BCUT2D eigenvalue weighted by molar-refractivity contribution is 6.38. The van der Waals surface area contributed by atoms with E-state index < -0.39 is 0 Å².